The maximum Gasteiger partial charge on any atom is 0.0864 e. The summed E-state index contributed by atoms with van der Waals surface area (Å²) >= 11 is 0. The van der Waals surface area contributed by atoms with E-state index in [1.54, 1.807) is 0 Å². The molecule has 0 fully saturated rings. The van der Waals surface area contributed by atoms with Crippen molar-refractivity contribution in [2.24, 2.45) is 4.99 Å². The molecular formula is C14H12N2. The molecule has 0 spiro atoms. The number of para-hydroxylation sites is 1. The van der Waals surface area contributed by atoms with E-state index in [0.717, 1.165) is 22.6 Å². The van der Waals surface area contributed by atoms with Crippen LogP contribution < -0.4 is 5.32 Å². The minimum Gasteiger partial charge on any atom is -0.353 e. The summed E-state index contributed by atoms with van der Waals surface area (Å²) in [6, 6.07) is 14.4. The van der Waals surface area contributed by atoms with Crippen LogP contribution in [0.1, 0.15) is 11.1 Å². The van der Waals surface area contributed by atoms with Crippen LogP contribution in [0.2, 0.25) is 0 Å². The third kappa shape index (κ3) is 1.48. The lowest BCUT2D eigenvalue weighted by Crippen LogP contribution is -1.92. The quantitative estimate of drug-likeness (QED) is 0.597. The van der Waals surface area contributed by atoms with Gasteiger partial charge in [-0.15, -0.1) is 0 Å². The van der Waals surface area contributed by atoms with E-state index in [1.807, 2.05) is 24.4 Å². The van der Waals surface area contributed by atoms with Gasteiger partial charge in [-0.1, -0.05) is 24.3 Å². The van der Waals surface area contributed by atoms with Gasteiger partial charge in [0.1, 0.15) is 0 Å². The first-order valence-electron chi connectivity index (χ1n) is 5.34. The molecule has 0 saturated heterocycles. The molecule has 78 valence electrons. The van der Waals surface area contributed by atoms with E-state index < -0.39 is 0 Å². The molecule has 2 nitrogen and oxygen atoms in total. The average Bonchev–Trinajstić information content (AvgIpc) is 2.47. The number of aryl methyl sites for hydroxylation is 1. The number of aliphatic imine (C=N–C) groups is 1. The summed E-state index contributed by atoms with van der Waals surface area (Å²) in [5.74, 6) is 0. The van der Waals surface area contributed by atoms with E-state index in [2.05, 4.69) is 41.5 Å². The van der Waals surface area contributed by atoms with E-state index in [1.165, 1.54) is 5.56 Å². The lowest BCUT2D eigenvalue weighted by Gasteiger charge is -2.08. The van der Waals surface area contributed by atoms with Gasteiger partial charge in [0.2, 0.25) is 0 Å². The normalized spacial score (nSPS) is 12.3. The Morgan fingerprint density at radius 2 is 1.88 bits per heavy atom. The zero-order valence-corrected chi connectivity index (χ0v) is 9.07. The van der Waals surface area contributed by atoms with Crippen LogP contribution in [0.4, 0.5) is 17.1 Å². The van der Waals surface area contributed by atoms with Crippen molar-refractivity contribution >= 4 is 23.3 Å². The van der Waals surface area contributed by atoms with Gasteiger partial charge in [-0.05, 0) is 30.7 Å². The SMILES string of the molecule is Cc1ccc2c(c1)Nc1ccccc1C=N2. The summed E-state index contributed by atoms with van der Waals surface area (Å²) in [7, 11) is 0. The summed E-state index contributed by atoms with van der Waals surface area (Å²) in [4.78, 5) is 4.48. The average molecular weight is 208 g/mol. The molecule has 1 heterocycles. The molecule has 16 heavy (non-hydrogen) atoms. The fraction of sp³-hybridized carbons (Fsp3) is 0.0714. The van der Waals surface area contributed by atoms with Crippen LogP contribution in [0, 0.1) is 6.92 Å². The molecule has 0 radical (unpaired) electrons. The molecule has 0 saturated carbocycles. The topological polar surface area (TPSA) is 24.4 Å². The number of nitrogens with one attached hydrogen (secondary N) is 1. The summed E-state index contributed by atoms with van der Waals surface area (Å²) < 4.78 is 0. The predicted octanol–water partition coefficient (Wildman–Crippen LogP) is 3.80. The van der Waals surface area contributed by atoms with E-state index >= 15 is 0 Å². The summed E-state index contributed by atoms with van der Waals surface area (Å²) in [5.41, 5.74) is 5.52. The number of hydrogen-bond acceptors (Lipinski definition) is 2. The number of rotatable bonds is 0. The minimum atomic E-state index is 0.988. The standard InChI is InChI=1S/C14H12N2/c1-10-6-7-13-14(8-10)16-12-5-3-2-4-11(12)9-15-13/h2-9,16H,1H3. The maximum atomic E-state index is 4.48. The molecule has 1 N–H and O–H groups in total. The van der Waals surface area contributed by atoms with Crippen molar-refractivity contribution in [3.05, 3.63) is 53.6 Å². The first kappa shape index (κ1) is 9.16. The van der Waals surface area contributed by atoms with E-state index in [0.29, 0.717) is 0 Å². The van der Waals surface area contributed by atoms with E-state index in [4.69, 9.17) is 0 Å². The molecule has 2 heteroatoms. The third-order valence-electron chi connectivity index (χ3n) is 2.72. The van der Waals surface area contributed by atoms with E-state index in [9.17, 15) is 0 Å². The Labute approximate surface area is 94.7 Å². The summed E-state index contributed by atoms with van der Waals surface area (Å²) in [6.07, 6.45) is 1.91. The highest BCUT2D eigenvalue weighted by atomic mass is 14.9. The summed E-state index contributed by atoms with van der Waals surface area (Å²) in [5, 5.41) is 3.42. The molecule has 0 amide bonds. The Morgan fingerprint density at radius 3 is 2.81 bits per heavy atom. The molecule has 2 aromatic rings. The van der Waals surface area contributed by atoms with Crippen molar-refractivity contribution in [3.8, 4) is 0 Å². The summed E-state index contributed by atoms with van der Waals surface area (Å²) in [6.45, 7) is 2.09. The highest BCUT2D eigenvalue weighted by molar-refractivity contribution is 5.95. The van der Waals surface area contributed by atoms with Crippen molar-refractivity contribution < 1.29 is 0 Å². The van der Waals surface area contributed by atoms with Crippen molar-refractivity contribution in [2.45, 2.75) is 6.92 Å². The Morgan fingerprint density at radius 1 is 1.00 bits per heavy atom. The monoisotopic (exact) mass is 208 g/mol. The second-order valence-corrected chi connectivity index (χ2v) is 3.99. The molecule has 1 aliphatic rings. The highest BCUT2D eigenvalue weighted by Crippen LogP contribution is 2.32. The number of hydrogen-bond donors (Lipinski definition) is 1. The fourth-order valence-corrected chi connectivity index (χ4v) is 1.87. The largest absolute Gasteiger partial charge is 0.353 e. The van der Waals surface area contributed by atoms with Crippen molar-refractivity contribution in [2.75, 3.05) is 5.32 Å². The van der Waals surface area contributed by atoms with Gasteiger partial charge in [-0.3, -0.25) is 4.99 Å². The van der Waals surface area contributed by atoms with Gasteiger partial charge in [-0.25, -0.2) is 0 Å². The minimum absolute atomic E-state index is 0.988. The van der Waals surface area contributed by atoms with Crippen molar-refractivity contribution in [1.82, 2.24) is 0 Å². The van der Waals surface area contributed by atoms with Gasteiger partial charge in [0.15, 0.2) is 0 Å². The lowest BCUT2D eigenvalue weighted by atomic mass is 10.1. The lowest BCUT2D eigenvalue weighted by molar-refractivity contribution is 1.43. The highest BCUT2D eigenvalue weighted by Gasteiger charge is 2.08. The fourth-order valence-electron chi connectivity index (χ4n) is 1.87. The van der Waals surface area contributed by atoms with Crippen molar-refractivity contribution in [1.29, 1.82) is 0 Å². The zero-order chi connectivity index (χ0) is 11.0. The van der Waals surface area contributed by atoms with Gasteiger partial charge in [0, 0.05) is 17.5 Å². The van der Waals surface area contributed by atoms with Gasteiger partial charge in [-0.2, -0.15) is 0 Å². The van der Waals surface area contributed by atoms with Gasteiger partial charge in [0.25, 0.3) is 0 Å². The first-order valence-corrected chi connectivity index (χ1v) is 5.34. The van der Waals surface area contributed by atoms with Crippen molar-refractivity contribution in [3.63, 3.8) is 0 Å². The van der Waals surface area contributed by atoms with Crippen LogP contribution in [0.5, 0.6) is 0 Å². The van der Waals surface area contributed by atoms with Crippen LogP contribution in [0.3, 0.4) is 0 Å². The zero-order valence-electron chi connectivity index (χ0n) is 9.07. The number of benzene rings is 2. The maximum absolute atomic E-state index is 4.48. The number of fused-ring (bicyclic) bond motifs is 2. The Kier molecular flexibility index (Phi) is 2.00. The Hall–Kier alpha value is -2.09. The molecule has 2 aromatic carbocycles. The molecule has 0 unspecified atom stereocenters. The van der Waals surface area contributed by atoms with Gasteiger partial charge in [0.05, 0.1) is 11.4 Å². The smallest absolute Gasteiger partial charge is 0.0864 e. The molecule has 0 aromatic heterocycles. The molecule has 0 aliphatic carbocycles. The van der Waals surface area contributed by atoms with Crippen LogP contribution in [-0.2, 0) is 0 Å². The number of anilines is 2. The number of nitrogens with zero attached hydrogens (tertiary/aromatic N) is 1. The Bertz CT molecular complexity index is 571. The second-order valence-electron chi connectivity index (χ2n) is 3.99. The second kappa shape index (κ2) is 3.49. The van der Waals surface area contributed by atoms with Crippen LogP contribution in [0.15, 0.2) is 47.5 Å². The third-order valence-corrected chi connectivity index (χ3v) is 2.72. The van der Waals surface area contributed by atoms with Gasteiger partial charge >= 0.3 is 0 Å². The molecule has 1 aliphatic heterocycles. The molecule has 3 rings (SSSR count). The Balaban J connectivity index is 2.18. The van der Waals surface area contributed by atoms with Crippen LogP contribution >= 0.6 is 0 Å². The molecule has 0 atom stereocenters. The first-order chi connectivity index (χ1) is 7.83. The van der Waals surface area contributed by atoms with Crippen LogP contribution in [0.25, 0.3) is 0 Å². The molecular weight excluding hydrogens is 196 g/mol. The predicted molar refractivity (Wildman–Crippen MR) is 68.2 cm³/mol. The molecule has 0 bridgehead atoms. The van der Waals surface area contributed by atoms with Crippen LogP contribution in [-0.4, -0.2) is 6.21 Å². The van der Waals surface area contributed by atoms with Gasteiger partial charge < -0.3 is 5.32 Å². The van der Waals surface area contributed by atoms with E-state index in [-0.39, 0.29) is 0 Å².